The second kappa shape index (κ2) is 9.60. The fourth-order valence-electron chi connectivity index (χ4n) is 3.13. The Bertz CT molecular complexity index is 1260. The van der Waals surface area contributed by atoms with Crippen molar-refractivity contribution in [3.05, 3.63) is 83.7 Å². The average molecular weight is 471 g/mol. The highest BCUT2D eigenvalue weighted by Crippen LogP contribution is 2.29. The van der Waals surface area contributed by atoms with E-state index >= 15 is 0 Å². The Kier molecular flexibility index (Phi) is 6.62. The van der Waals surface area contributed by atoms with Crippen molar-refractivity contribution in [1.82, 2.24) is 4.72 Å². The summed E-state index contributed by atoms with van der Waals surface area (Å²) in [6.45, 7) is 0.241. The Morgan fingerprint density at radius 2 is 1.82 bits per heavy atom. The maximum atomic E-state index is 13.0. The van der Waals surface area contributed by atoms with Crippen LogP contribution >= 0.6 is 0 Å². The van der Waals surface area contributed by atoms with Crippen LogP contribution in [0.1, 0.15) is 28.8 Å². The van der Waals surface area contributed by atoms with Crippen LogP contribution in [0.25, 0.3) is 0 Å². The van der Waals surface area contributed by atoms with Crippen LogP contribution in [0.2, 0.25) is 0 Å². The van der Waals surface area contributed by atoms with Crippen LogP contribution in [0.3, 0.4) is 0 Å². The molecule has 0 heterocycles. The predicted molar refractivity (Wildman–Crippen MR) is 121 cm³/mol. The minimum Gasteiger partial charge on any atom is -0.495 e. The van der Waals surface area contributed by atoms with Gasteiger partial charge < -0.3 is 14.8 Å². The average Bonchev–Trinajstić information content (AvgIpc) is 3.62. The van der Waals surface area contributed by atoms with Gasteiger partial charge in [-0.15, -0.1) is 0 Å². The number of anilines is 1. The number of hydrogen-bond acceptors (Lipinski definition) is 5. The van der Waals surface area contributed by atoms with Gasteiger partial charge in [-0.05, 0) is 60.9 Å². The van der Waals surface area contributed by atoms with E-state index in [2.05, 4.69) is 10.0 Å². The van der Waals surface area contributed by atoms with E-state index in [4.69, 9.17) is 9.47 Å². The Morgan fingerprint density at radius 1 is 1.06 bits per heavy atom. The van der Waals surface area contributed by atoms with Gasteiger partial charge >= 0.3 is 0 Å². The number of benzene rings is 3. The number of rotatable bonds is 9. The van der Waals surface area contributed by atoms with E-state index in [1.165, 1.54) is 37.4 Å². The van der Waals surface area contributed by atoms with Crippen LogP contribution in [0.15, 0.2) is 71.6 Å². The maximum absolute atomic E-state index is 13.0. The lowest BCUT2D eigenvalue weighted by atomic mass is 10.2. The fraction of sp³-hybridized carbons (Fsp3) is 0.208. The maximum Gasteiger partial charge on any atom is 0.255 e. The van der Waals surface area contributed by atoms with Crippen molar-refractivity contribution in [2.24, 2.45) is 0 Å². The van der Waals surface area contributed by atoms with Gasteiger partial charge in [-0.25, -0.2) is 17.5 Å². The summed E-state index contributed by atoms with van der Waals surface area (Å²) in [7, 11) is -2.43. The van der Waals surface area contributed by atoms with Crippen molar-refractivity contribution in [2.45, 2.75) is 30.4 Å². The molecule has 3 aromatic rings. The Balaban J connectivity index is 1.47. The number of ether oxygens (including phenoxy) is 2. The van der Waals surface area contributed by atoms with Crippen molar-refractivity contribution in [2.75, 3.05) is 12.4 Å². The first kappa shape index (κ1) is 22.8. The second-order valence-corrected chi connectivity index (χ2v) is 9.34. The second-order valence-electron chi connectivity index (χ2n) is 7.66. The molecule has 0 unspecified atom stereocenters. The molecule has 1 saturated carbocycles. The molecular weight excluding hydrogens is 447 g/mol. The van der Waals surface area contributed by atoms with Gasteiger partial charge in [-0.1, -0.05) is 18.2 Å². The molecule has 0 aromatic heterocycles. The molecule has 172 valence electrons. The summed E-state index contributed by atoms with van der Waals surface area (Å²) in [6.07, 6.45) is 1.59. The molecule has 1 aliphatic carbocycles. The number of carbonyl (C=O) groups is 1. The molecule has 4 rings (SSSR count). The van der Waals surface area contributed by atoms with Crippen LogP contribution in [0.5, 0.6) is 11.5 Å². The molecule has 0 aliphatic heterocycles. The highest BCUT2D eigenvalue weighted by Gasteiger charge is 2.30. The third kappa shape index (κ3) is 5.88. The Labute approximate surface area is 191 Å². The van der Waals surface area contributed by atoms with Crippen LogP contribution in [0.4, 0.5) is 10.1 Å². The highest BCUT2D eigenvalue weighted by molar-refractivity contribution is 7.89. The van der Waals surface area contributed by atoms with Crippen LogP contribution in [-0.4, -0.2) is 27.5 Å². The van der Waals surface area contributed by atoms with E-state index in [0.717, 1.165) is 18.4 Å². The quantitative estimate of drug-likeness (QED) is 0.491. The normalized spacial score (nSPS) is 13.4. The lowest BCUT2D eigenvalue weighted by Gasteiger charge is -2.13. The fourth-order valence-corrected chi connectivity index (χ4v) is 4.63. The summed E-state index contributed by atoms with van der Waals surface area (Å²) in [6, 6.07) is 17.0. The lowest BCUT2D eigenvalue weighted by molar-refractivity contribution is 0.102. The zero-order chi connectivity index (χ0) is 23.4. The van der Waals surface area contributed by atoms with Gasteiger partial charge in [0.25, 0.3) is 5.91 Å². The van der Waals surface area contributed by atoms with Gasteiger partial charge in [-0.2, -0.15) is 0 Å². The van der Waals surface area contributed by atoms with Crippen LogP contribution in [-0.2, 0) is 16.6 Å². The first-order valence-electron chi connectivity index (χ1n) is 10.3. The SMILES string of the molecule is COc1ccc(C(=O)Nc2cccc(OCc3ccc(F)cc3)c2)cc1S(=O)(=O)NC1CC1. The predicted octanol–water partition coefficient (Wildman–Crippen LogP) is 4.11. The van der Waals surface area contributed by atoms with E-state index in [0.29, 0.717) is 11.4 Å². The van der Waals surface area contributed by atoms with Crippen molar-refractivity contribution in [3.8, 4) is 11.5 Å². The molecule has 7 nitrogen and oxygen atoms in total. The summed E-state index contributed by atoms with van der Waals surface area (Å²) >= 11 is 0. The van der Waals surface area contributed by atoms with Crippen LogP contribution in [0, 0.1) is 5.82 Å². The van der Waals surface area contributed by atoms with Gasteiger partial charge in [0.15, 0.2) is 0 Å². The summed E-state index contributed by atoms with van der Waals surface area (Å²) < 4.78 is 51.9. The molecule has 0 spiro atoms. The van der Waals surface area contributed by atoms with Crippen molar-refractivity contribution in [3.63, 3.8) is 0 Å². The number of sulfonamides is 1. The number of nitrogens with one attached hydrogen (secondary N) is 2. The number of methoxy groups -OCH3 is 1. The molecule has 0 radical (unpaired) electrons. The van der Waals surface area contributed by atoms with E-state index in [1.807, 2.05) is 0 Å². The van der Waals surface area contributed by atoms with Gasteiger partial charge in [0.1, 0.15) is 28.8 Å². The molecule has 9 heteroatoms. The number of hydrogen-bond donors (Lipinski definition) is 2. The molecule has 33 heavy (non-hydrogen) atoms. The largest absolute Gasteiger partial charge is 0.495 e. The zero-order valence-electron chi connectivity index (χ0n) is 17.9. The first-order valence-corrected chi connectivity index (χ1v) is 11.8. The third-order valence-electron chi connectivity index (χ3n) is 5.03. The van der Waals surface area contributed by atoms with E-state index in [-0.39, 0.29) is 34.7 Å². The first-order chi connectivity index (χ1) is 15.8. The van der Waals surface area contributed by atoms with E-state index < -0.39 is 15.9 Å². The zero-order valence-corrected chi connectivity index (χ0v) is 18.7. The van der Waals surface area contributed by atoms with Crippen molar-refractivity contribution < 1.29 is 27.1 Å². The van der Waals surface area contributed by atoms with Gasteiger partial charge in [0.2, 0.25) is 10.0 Å². The minimum absolute atomic E-state index is 0.0742. The third-order valence-corrected chi connectivity index (χ3v) is 6.57. The van der Waals surface area contributed by atoms with Gasteiger partial charge in [0, 0.05) is 23.4 Å². The highest BCUT2D eigenvalue weighted by atomic mass is 32.2. The Morgan fingerprint density at radius 3 is 2.52 bits per heavy atom. The summed E-state index contributed by atoms with van der Waals surface area (Å²) in [5, 5.41) is 2.75. The smallest absolute Gasteiger partial charge is 0.255 e. The summed E-state index contributed by atoms with van der Waals surface area (Å²) in [5.41, 5.74) is 1.45. The number of halogens is 1. The molecule has 1 aliphatic rings. The van der Waals surface area contributed by atoms with Crippen LogP contribution < -0.4 is 19.5 Å². The molecule has 2 N–H and O–H groups in total. The topological polar surface area (TPSA) is 93.7 Å². The molecular formula is C24H23FN2O5S. The molecule has 0 saturated heterocycles. The van der Waals surface area contributed by atoms with E-state index in [1.54, 1.807) is 36.4 Å². The molecule has 3 aromatic carbocycles. The molecule has 0 bridgehead atoms. The molecule has 0 atom stereocenters. The van der Waals surface area contributed by atoms with Crippen molar-refractivity contribution >= 4 is 21.6 Å². The standard InChI is InChI=1S/C24H23FN2O5S/c1-31-22-12-7-17(13-23(22)33(29,30)27-19-10-11-19)24(28)26-20-3-2-4-21(14-20)32-15-16-5-8-18(25)9-6-16/h2-9,12-14,19,27H,10-11,15H2,1H3,(H,26,28). The summed E-state index contributed by atoms with van der Waals surface area (Å²) in [4.78, 5) is 12.7. The monoisotopic (exact) mass is 470 g/mol. The van der Waals surface area contributed by atoms with Crippen molar-refractivity contribution in [1.29, 1.82) is 0 Å². The van der Waals surface area contributed by atoms with Gasteiger partial charge in [-0.3, -0.25) is 4.79 Å². The minimum atomic E-state index is -3.81. The Hall–Kier alpha value is -3.43. The molecule has 1 amide bonds. The molecule has 1 fully saturated rings. The van der Waals surface area contributed by atoms with Gasteiger partial charge in [0.05, 0.1) is 7.11 Å². The lowest BCUT2D eigenvalue weighted by Crippen LogP contribution is -2.26. The number of amides is 1. The summed E-state index contributed by atoms with van der Waals surface area (Å²) in [5.74, 6) is -0.114. The number of carbonyl (C=O) groups excluding carboxylic acids is 1. The van der Waals surface area contributed by atoms with E-state index in [9.17, 15) is 17.6 Å².